The predicted molar refractivity (Wildman–Crippen MR) is 64.4 cm³/mol. The van der Waals surface area contributed by atoms with E-state index in [2.05, 4.69) is 15.0 Å². The van der Waals surface area contributed by atoms with Crippen molar-refractivity contribution in [3.8, 4) is 5.82 Å². The Morgan fingerprint density at radius 3 is 2.71 bits per heavy atom. The van der Waals surface area contributed by atoms with E-state index in [-0.39, 0.29) is 0 Å². The zero-order valence-electron chi connectivity index (χ0n) is 9.94. The summed E-state index contributed by atoms with van der Waals surface area (Å²) in [6.07, 6.45) is 1.72. The fourth-order valence-electron chi connectivity index (χ4n) is 1.50. The van der Waals surface area contributed by atoms with Crippen LogP contribution in [0.25, 0.3) is 5.82 Å². The minimum absolute atomic E-state index is 0.334. The van der Waals surface area contributed by atoms with Crippen LogP contribution in [0.15, 0.2) is 12.4 Å². The molecule has 2 aromatic rings. The molecule has 0 atom stereocenters. The SMILES string of the molecule is COCc1nc(Cl)cc(-n2cnc(C)c2C)n1. The number of hydrogen-bond acceptors (Lipinski definition) is 4. The van der Waals surface area contributed by atoms with Crippen LogP contribution in [0, 0.1) is 13.8 Å². The fourth-order valence-corrected chi connectivity index (χ4v) is 1.69. The molecule has 0 aliphatic carbocycles. The van der Waals surface area contributed by atoms with Crippen molar-refractivity contribution in [1.82, 2.24) is 19.5 Å². The largest absolute Gasteiger partial charge is 0.377 e. The number of methoxy groups -OCH3 is 1. The Bertz CT molecular complexity index is 538. The Morgan fingerprint density at radius 1 is 1.35 bits per heavy atom. The molecule has 0 spiro atoms. The monoisotopic (exact) mass is 252 g/mol. The second kappa shape index (κ2) is 4.81. The van der Waals surface area contributed by atoms with Crippen LogP contribution in [0.4, 0.5) is 0 Å². The average Bonchev–Trinajstić information content (AvgIpc) is 2.59. The van der Waals surface area contributed by atoms with Gasteiger partial charge in [0.2, 0.25) is 0 Å². The number of ether oxygens (including phenoxy) is 1. The molecule has 0 aromatic carbocycles. The summed E-state index contributed by atoms with van der Waals surface area (Å²) in [5.41, 5.74) is 2.00. The van der Waals surface area contributed by atoms with Crippen LogP contribution < -0.4 is 0 Å². The third-order valence-corrected chi connectivity index (χ3v) is 2.69. The fraction of sp³-hybridized carbons (Fsp3) is 0.364. The van der Waals surface area contributed by atoms with Gasteiger partial charge in [0.15, 0.2) is 5.82 Å². The summed E-state index contributed by atoms with van der Waals surface area (Å²) < 4.78 is 6.88. The van der Waals surface area contributed by atoms with Crippen molar-refractivity contribution >= 4 is 11.6 Å². The summed E-state index contributed by atoms with van der Waals surface area (Å²) in [4.78, 5) is 12.7. The van der Waals surface area contributed by atoms with E-state index in [1.807, 2.05) is 18.4 Å². The van der Waals surface area contributed by atoms with E-state index in [1.54, 1.807) is 19.5 Å². The number of hydrogen-bond donors (Lipinski definition) is 0. The van der Waals surface area contributed by atoms with E-state index in [1.165, 1.54) is 0 Å². The molecule has 0 unspecified atom stereocenters. The minimum Gasteiger partial charge on any atom is -0.377 e. The van der Waals surface area contributed by atoms with Crippen molar-refractivity contribution in [2.24, 2.45) is 0 Å². The average molecular weight is 253 g/mol. The van der Waals surface area contributed by atoms with E-state index >= 15 is 0 Å². The van der Waals surface area contributed by atoms with Crippen LogP contribution in [0.3, 0.4) is 0 Å². The Labute approximate surface area is 104 Å². The molecule has 2 heterocycles. The highest BCUT2D eigenvalue weighted by molar-refractivity contribution is 6.29. The molecule has 0 amide bonds. The highest BCUT2D eigenvalue weighted by atomic mass is 35.5. The lowest BCUT2D eigenvalue weighted by Crippen LogP contribution is -2.04. The summed E-state index contributed by atoms with van der Waals surface area (Å²) in [7, 11) is 1.59. The molecule has 5 nitrogen and oxygen atoms in total. The Balaban J connectivity index is 2.48. The van der Waals surface area contributed by atoms with E-state index in [9.17, 15) is 0 Å². The number of halogens is 1. The Kier molecular flexibility index (Phi) is 3.40. The van der Waals surface area contributed by atoms with Crippen LogP contribution in [0.5, 0.6) is 0 Å². The maximum Gasteiger partial charge on any atom is 0.158 e. The zero-order chi connectivity index (χ0) is 12.4. The van der Waals surface area contributed by atoms with Crippen molar-refractivity contribution in [2.75, 3.05) is 7.11 Å². The Morgan fingerprint density at radius 2 is 2.12 bits per heavy atom. The first kappa shape index (κ1) is 12.0. The highest BCUT2D eigenvalue weighted by Gasteiger charge is 2.08. The molecule has 0 fully saturated rings. The van der Waals surface area contributed by atoms with Gasteiger partial charge in [-0.3, -0.25) is 4.57 Å². The van der Waals surface area contributed by atoms with Crippen LogP contribution in [0.2, 0.25) is 5.15 Å². The molecule has 2 rings (SSSR count). The molecular formula is C11H13ClN4O. The number of rotatable bonds is 3. The predicted octanol–water partition coefficient (Wildman–Crippen LogP) is 2.08. The molecule has 0 saturated carbocycles. The Hall–Kier alpha value is -1.46. The highest BCUT2D eigenvalue weighted by Crippen LogP contribution is 2.15. The van der Waals surface area contributed by atoms with Gasteiger partial charge in [-0.05, 0) is 13.8 Å². The van der Waals surface area contributed by atoms with Crippen molar-refractivity contribution in [1.29, 1.82) is 0 Å². The van der Waals surface area contributed by atoms with Gasteiger partial charge in [0, 0.05) is 18.9 Å². The molecule has 0 saturated heterocycles. The van der Waals surface area contributed by atoms with Gasteiger partial charge in [0.25, 0.3) is 0 Å². The standard InChI is InChI=1S/C11H13ClN4O/c1-7-8(2)16(6-13-7)11-4-9(12)14-10(15-11)5-17-3/h4,6H,5H2,1-3H3. The summed E-state index contributed by atoms with van der Waals surface area (Å²) in [6.45, 7) is 4.26. The molecule has 0 N–H and O–H groups in total. The number of imidazole rings is 1. The maximum atomic E-state index is 5.95. The molecule has 17 heavy (non-hydrogen) atoms. The van der Waals surface area contributed by atoms with Gasteiger partial charge in [-0.2, -0.15) is 0 Å². The van der Waals surface area contributed by atoms with Gasteiger partial charge < -0.3 is 4.74 Å². The first-order valence-electron chi connectivity index (χ1n) is 5.15. The minimum atomic E-state index is 0.334. The van der Waals surface area contributed by atoms with Gasteiger partial charge in [-0.15, -0.1) is 0 Å². The van der Waals surface area contributed by atoms with Gasteiger partial charge in [-0.25, -0.2) is 15.0 Å². The molecule has 0 aliphatic heterocycles. The van der Waals surface area contributed by atoms with Crippen molar-refractivity contribution in [2.45, 2.75) is 20.5 Å². The van der Waals surface area contributed by atoms with Gasteiger partial charge in [0.05, 0.1) is 5.69 Å². The molecule has 90 valence electrons. The second-order valence-electron chi connectivity index (χ2n) is 3.68. The molecular weight excluding hydrogens is 240 g/mol. The van der Waals surface area contributed by atoms with Crippen molar-refractivity contribution in [3.05, 3.63) is 34.8 Å². The summed E-state index contributed by atoms with van der Waals surface area (Å²) in [5, 5.41) is 0.396. The summed E-state index contributed by atoms with van der Waals surface area (Å²) in [6, 6.07) is 1.70. The van der Waals surface area contributed by atoms with E-state index in [4.69, 9.17) is 16.3 Å². The van der Waals surface area contributed by atoms with Crippen LogP contribution in [0.1, 0.15) is 17.2 Å². The third-order valence-electron chi connectivity index (χ3n) is 2.50. The number of aromatic nitrogens is 4. The lowest BCUT2D eigenvalue weighted by atomic mass is 10.4. The zero-order valence-corrected chi connectivity index (χ0v) is 10.7. The molecule has 0 aliphatic rings. The lowest BCUT2D eigenvalue weighted by Gasteiger charge is -2.07. The molecule has 2 aromatic heterocycles. The second-order valence-corrected chi connectivity index (χ2v) is 4.07. The molecule has 6 heteroatoms. The topological polar surface area (TPSA) is 52.8 Å². The number of nitrogens with zero attached hydrogens (tertiary/aromatic N) is 4. The quantitative estimate of drug-likeness (QED) is 0.785. The van der Waals surface area contributed by atoms with Crippen LogP contribution >= 0.6 is 11.6 Å². The van der Waals surface area contributed by atoms with Gasteiger partial charge in [-0.1, -0.05) is 11.6 Å². The normalized spacial score (nSPS) is 10.8. The van der Waals surface area contributed by atoms with Crippen molar-refractivity contribution in [3.63, 3.8) is 0 Å². The summed E-state index contributed by atoms with van der Waals surface area (Å²) >= 11 is 5.95. The first-order valence-corrected chi connectivity index (χ1v) is 5.53. The van der Waals surface area contributed by atoms with E-state index in [0.717, 1.165) is 11.4 Å². The lowest BCUT2D eigenvalue weighted by molar-refractivity contribution is 0.177. The van der Waals surface area contributed by atoms with Gasteiger partial charge in [0.1, 0.15) is 23.9 Å². The smallest absolute Gasteiger partial charge is 0.158 e. The third kappa shape index (κ3) is 2.45. The van der Waals surface area contributed by atoms with Crippen molar-refractivity contribution < 1.29 is 4.74 Å². The van der Waals surface area contributed by atoms with Crippen LogP contribution in [-0.2, 0) is 11.3 Å². The van der Waals surface area contributed by atoms with E-state index < -0.39 is 0 Å². The first-order chi connectivity index (χ1) is 8.11. The van der Waals surface area contributed by atoms with E-state index in [0.29, 0.717) is 23.4 Å². The molecule has 0 radical (unpaired) electrons. The van der Waals surface area contributed by atoms with Gasteiger partial charge >= 0.3 is 0 Å². The van der Waals surface area contributed by atoms with Crippen LogP contribution in [-0.4, -0.2) is 26.6 Å². The maximum absolute atomic E-state index is 5.95. The number of aryl methyl sites for hydroxylation is 1. The summed E-state index contributed by atoms with van der Waals surface area (Å²) in [5.74, 6) is 1.26. The molecule has 0 bridgehead atoms.